The van der Waals surface area contributed by atoms with Gasteiger partial charge in [0.1, 0.15) is 6.04 Å². The van der Waals surface area contributed by atoms with Crippen molar-refractivity contribution in [3.63, 3.8) is 0 Å². The predicted molar refractivity (Wildman–Crippen MR) is 96.6 cm³/mol. The number of likely N-dealkylation sites (N-methyl/N-ethyl adjacent to an activating group) is 1. The molecule has 1 fully saturated rings. The molecule has 0 spiro atoms. The van der Waals surface area contributed by atoms with Gasteiger partial charge in [0.05, 0.1) is 18.8 Å². The highest BCUT2D eigenvalue weighted by Gasteiger charge is 2.31. The lowest BCUT2D eigenvalue weighted by Crippen LogP contribution is -2.55. The second-order valence-corrected chi connectivity index (χ2v) is 6.59. The number of ether oxygens (including phenoxy) is 1. The zero-order valence-electron chi connectivity index (χ0n) is 15.7. The van der Waals surface area contributed by atoms with Crippen LogP contribution in [0.3, 0.4) is 0 Å². The van der Waals surface area contributed by atoms with Crippen molar-refractivity contribution in [3.05, 3.63) is 35.4 Å². The molecular weight excluding hydrogens is 377 g/mol. The van der Waals surface area contributed by atoms with E-state index in [1.807, 2.05) is 7.05 Å². The van der Waals surface area contributed by atoms with E-state index >= 15 is 0 Å². The summed E-state index contributed by atoms with van der Waals surface area (Å²) in [6, 6.07) is 2.88. The van der Waals surface area contributed by atoms with Gasteiger partial charge in [-0.25, -0.2) is 0 Å². The number of hydrogen-bond donors (Lipinski definition) is 2. The minimum atomic E-state index is -4.48. The van der Waals surface area contributed by atoms with Gasteiger partial charge >= 0.3 is 6.18 Å². The monoisotopic (exact) mass is 402 g/mol. The van der Waals surface area contributed by atoms with E-state index in [4.69, 9.17) is 10.5 Å². The Morgan fingerprint density at radius 1 is 1.18 bits per heavy atom. The van der Waals surface area contributed by atoms with Crippen molar-refractivity contribution in [1.29, 1.82) is 0 Å². The Morgan fingerprint density at radius 3 is 2.32 bits per heavy atom. The van der Waals surface area contributed by atoms with E-state index in [-0.39, 0.29) is 31.2 Å². The second kappa shape index (κ2) is 9.85. The van der Waals surface area contributed by atoms with Gasteiger partial charge in [0, 0.05) is 38.3 Å². The molecule has 2 rings (SSSR count). The summed E-state index contributed by atoms with van der Waals surface area (Å²) in [4.78, 5) is 29.0. The minimum Gasteiger partial charge on any atom is -0.377 e. The zero-order valence-corrected chi connectivity index (χ0v) is 15.7. The molecule has 0 aromatic heterocycles. The number of nitrogens with one attached hydrogen (secondary N) is 1. The number of hydrogen-bond acceptors (Lipinski definition) is 5. The molecule has 28 heavy (non-hydrogen) atoms. The maximum absolute atomic E-state index is 12.8. The summed E-state index contributed by atoms with van der Waals surface area (Å²) < 4.78 is 43.3. The zero-order chi connectivity index (χ0) is 20.7. The molecule has 1 atom stereocenters. The molecule has 2 amide bonds. The maximum Gasteiger partial charge on any atom is 0.416 e. The van der Waals surface area contributed by atoms with Crippen LogP contribution < -0.4 is 11.1 Å². The molecule has 0 aliphatic carbocycles. The van der Waals surface area contributed by atoms with E-state index in [9.17, 15) is 22.8 Å². The molecule has 3 N–H and O–H groups in total. The van der Waals surface area contributed by atoms with Crippen LogP contribution in [-0.4, -0.2) is 80.6 Å². The van der Waals surface area contributed by atoms with Crippen molar-refractivity contribution >= 4 is 11.8 Å². The largest absolute Gasteiger partial charge is 0.416 e. The van der Waals surface area contributed by atoms with Gasteiger partial charge in [-0.15, -0.1) is 0 Å². The quantitative estimate of drug-likeness (QED) is 0.651. The molecule has 1 saturated heterocycles. The van der Waals surface area contributed by atoms with Gasteiger partial charge < -0.3 is 25.6 Å². The summed E-state index contributed by atoms with van der Waals surface area (Å²) in [5.74, 6) is -0.928. The average molecular weight is 402 g/mol. The predicted octanol–water partition coefficient (Wildman–Crippen LogP) is 0.553. The number of amides is 2. The van der Waals surface area contributed by atoms with Crippen molar-refractivity contribution in [2.45, 2.75) is 12.2 Å². The van der Waals surface area contributed by atoms with Crippen LogP contribution in [-0.2, 0) is 15.7 Å². The molecule has 0 radical (unpaired) electrons. The van der Waals surface area contributed by atoms with Crippen LogP contribution in [0, 0.1) is 0 Å². The summed E-state index contributed by atoms with van der Waals surface area (Å²) in [7, 11) is 1.95. The van der Waals surface area contributed by atoms with E-state index in [0.29, 0.717) is 13.1 Å². The van der Waals surface area contributed by atoms with Gasteiger partial charge in [-0.05, 0) is 31.3 Å². The molecule has 0 saturated carbocycles. The lowest BCUT2D eigenvalue weighted by molar-refractivity contribution is -0.137. The van der Waals surface area contributed by atoms with Crippen LogP contribution >= 0.6 is 0 Å². The van der Waals surface area contributed by atoms with Gasteiger partial charge in [-0.1, -0.05) is 0 Å². The second-order valence-electron chi connectivity index (χ2n) is 6.59. The highest BCUT2D eigenvalue weighted by Crippen LogP contribution is 2.29. The number of alkyl halides is 3. The Morgan fingerprint density at radius 2 is 1.79 bits per heavy atom. The molecule has 1 heterocycles. The van der Waals surface area contributed by atoms with Crippen molar-refractivity contribution in [1.82, 2.24) is 15.1 Å². The maximum atomic E-state index is 12.8. The molecule has 1 aliphatic heterocycles. The highest BCUT2D eigenvalue weighted by atomic mass is 19.4. The van der Waals surface area contributed by atoms with Crippen LogP contribution in [0.25, 0.3) is 0 Å². The number of nitrogens with zero attached hydrogens (tertiary/aromatic N) is 2. The molecule has 1 aromatic rings. The van der Waals surface area contributed by atoms with Crippen molar-refractivity contribution in [2.24, 2.45) is 5.73 Å². The Bertz CT molecular complexity index is 659. The van der Waals surface area contributed by atoms with E-state index < -0.39 is 23.7 Å². The minimum absolute atomic E-state index is 0.0306. The van der Waals surface area contributed by atoms with Gasteiger partial charge in [0.25, 0.3) is 5.91 Å². The third kappa shape index (κ3) is 6.18. The van der Waals surface area contributed by atoms with Gasteiger partial charge in [0.15, 0.2) is 0 Å². The Labute approximate surface area is 161 Å². The molecule has 156 valence electrons. The van der Waals surface area contributed by atoms with Gasteiger partial charge in [-0.3, -0.25) is 9.59 Å². The smallest absolute Gasteiger partial charge is 0.377 e. The number of rotatable bonds is 7. The normalized spacial score (nSPS) is 16.7. The third-order valence-electron chi connectivity index (χ3n) is 4.44. The summed E-state index contributed by atoms with van der Waals surface area (Å²) >= 11 is 0. The first-order chi connectivity index (χ1) is 13.2. The number of benzene rings is 1. The molecule has 1 aliphatic rings. The summed E-state index contributed by atoms with van der Waals surface area (Å²) in [6.45, 7) is 2.92. The van der Waals surface area contributed by atoms with Crippen LogP contribution in [0.4, 0.5) is 13.2 Å². The lowest BCUT2D eigenvalue weighted by Gasteiger charge is -2.34. The van der Waals surface area contributed by atoms with Crippen LogP contribution in [0.1, 0.15) is 15.9 Å². The summed E-state index contributed by atoms with van der Waals surface area (Å²) in [5, 5.41) is 2.57. The molecule has 0 unspecified atom stereocenters. The summed E-state index contributed by atoms with van der Waals surface area (Å²) in [5.41, 5.74) is 4.57. The molecule has 7 nitrogen and oxygen atoms in total. The third-order valence-corrected chi connectivity index (χ3v) is 4.44. The number of halogens is 3. The number of nitrogens with two attached hydrogens (primary N) is 1. The Kier molecular flexibility index (Phi) is 7.78. The molecule has 1 aromatic carbocycles. The number of carbonyl (C=O) groups is 2. The Hall–Kier alpha value is -2.17. The van der Waals surface area contributed by atoms with Crippen LogP contribution in [0.5, 0.6) is 0 Å². The van der Waals surface area contributed by atoms with Crippen LogP contribution in [0.2, 0.25) is 0 Å². The fraction of sp³-hybridized carbons (Fsp3) is 0.556. The molecule has 10 heteroatoms. The van der Waals surface area contributed by atoms with E-state index in [0.717, 1.165) is 37.4 Å². The Balaban J connectivity index is 2.06. The average Bonchev–Trinajstić information content (AvgIpc) is 2.66. The van der Waals surface area contributed by atoms with Crippen molar-refractivity contribution in [2.75, 3.05) is 53.0 Å². The fourth-order valence-corrected chi connectivity index (χ4v) is 2.76. The first kappa shape index (κ1) is 22.1. The first-order valence-electron chi connectivity index (χ1n) is 8.95. The van der Waals surface area contributed by atoms with E-state index in [2.05, 4.69) is 10.2 Å². The number of carbonyl (C=O) groups excluding carboxylic acids is 2. The van der Waals surface area contributed by atoms with Crippen LogP contribution in [0.15, 0.2) is 24.3 Å². The van der Waals surface area contributed by atoms with Gasteiger partial charge in [0.2, 0.25) is 5.91 Å². The van der Waals surface area contributed by atoms with Crippen molar-refractivity contribution < 1.29 is 27.5 Å². The number of piperazine rings is 1. The topological polar surface area (TPSA) is 87.9 Å². The van der Waals surface area contributed by atoms with Gasteiger partial charge in [-0.2, -0.15) is 13.2 Å². The lowest BCUT2D eigenvalue weighted by atomic mass is 10.1. The SMILES string of the molecule is CN1CCN(C(=O)[C@H](COCCN)NC(=O)c2ccc(C(F)(F)F)cc2)CC1. The molecule has 0 bridgehead atoms. The van der Waals surface area contributed by atoms with Crippen molar-refractivity contribution in [3.8, 4) is 0 Å². The highest BCUT2D eigenvalue weighted by molar-refractivity contribution is 5.97. The molecular formula is C18H25F3N4O3. The van der Waals surface area contributed by atoms with E-state index in [1.165, 1.54) is 0 Å². The fourth-order valence-electron chi connectivity index (χ4n) is 2.76. The standard InChI is InChI=1S/C18H25F3N4O3/c1-24-7-9-25(10-8-24)17(27)15(12-28-11-6-22)23-16(26)13-2-4-14(5-3-13)18(19,20)21/h2-5,15H,6-12,22H2,1H3,(H,23,26)/t15-/m0/s1. The van der Waals surface area contributed by atoms with E-state index in [1.54, 1.807) is 4.90 Å². The summed E-state index contributed by atoms with van der Waals surface area (Å²) in [6.07, 6.45) is -4.48. The first-order valence-corrected chi connectivity index (χ1v) is 8.95.